The molecule has 2 saturated heterocycles. The van der Waals surface area contributed by atoms with Gasteiger partial charge in [0.25, 0.3) is 0 Å². The van der Waals surface area contributed by atoms with E-state index >= 15 is 0 Å². The van der Waals surface area contributed by atoms with Gasteiger partial charge in [0, 0.05) is 31.2 Å². The van der Waals surface area contributed by atoms with Crippen LogP contribution in [0, 0.1) is 0 Å². The number of nitrogens with two attached hydrogens (primary N) is 1. The number of hydrogen-bond acceptors (Lipinski definition) is 2. The summed E-state index contributed by atoms with van der Waals surface area (Å²) in [6, 6.07) is 1.73. The molecule has 0 spiro atoms. The first kappa shape index (κ1) is 11.7. The van der Waals surface area contributed by atoms with Gasteiger partial charge < -0.3 is 10.6 Å². The molecule has 0 radical (unpaired) electrons. The van der Waals surface area contributed by atoms with Gasteiger partial charge in [-0.25, -0.2) is 0 Å². The zero-order valence-corrected chi connectivity index (χ0v) is 10.7. The summed E-state index contributed by atoms with van der Waals surface area (Å²) in [4.78, 5) is 9.25. The van der Waals surface area contributed by atoms with Crippen LogP contribution in [0.4, 0.5) is 0 Å². The van der Waals surface area contributed by atoms with Gasteiger partial charge in [-0.15, -0.1) is 0 Å². The van der Waals surface area contributed by atoms with Crippen LogP contribution in [-0.2, 0) is 0 Å². The van der Waals surface area contributed by atoms with Crippen molar-refractivity contribution in [2.24, 2.45) is 10.7 Å². The molecule has 0 aromatic rings. The molecule has 0 saturated carbocycles. The van der Waals surface area contributed by atoms with Crippen molar-refractivity contribution in [3.63, 3.8) is 0 Å². The molecule has 2 bridgehead atoms. The van der Waals surface area contributed by atoms with E-state index in [1.54, 1.807) is 0 Å². The second kappa shape index (κ2) is 4.62. The predicted octanol–water partition coefficient (Wildman–Crippen LogP) is 0.878. The van der Waals surface area contributed by atoms with Crippen molar-refractivity contribution in [3.05, 3.63) is 0 Å². The van der Waals surface area contributed by atoms with Crippen LogP contribution in [0.3, 0.4) is 0 Å². The van der Waals surface area contributed by atoms with Crippen molar-refractivity contribution in [2.45, 2.75) is 51.2 Å². The predicted molar refractivity (Wildman–Crippen MR) is 67.5 cm³/mol. The lowest BCUT2D eigenvalue weighted by Gasteiger charge is -2.26. The van der Waals surface area contributed by atoms with E-state index in [1.807, 2.05) is 0 Å². The van der Waals surface area contributed by atoms with Gasteiger partial charge in [-0.3, -0.25) is 9.89 Å². The second-order valence-corrected chi connectivity index (χ2v) is 5.37. The molecule has 0 aromatic heterocycles. The molecule has 2 rings (SSSR count). The van der Waals surface area contributed by atoms with Gasteiger partial charge >= 0.3 is 0 Å². The average molecular weight is 224 g/mol. The minimum Gasteiger partial charge on any atom is -0.370 e. The van der Waals surface area contributed by atoms with Crippen molar-refractivity contribution in [1.82, 2.24) is 9.80 Å². The molecule has 0 aromatic carbocycles. The lowest BCUT2D eigenvalue weighted by Crippen LogP contribution is -2.43. The summed E-state index contributed by atoms with van der Waals surface area (Å²) in [5.41, 5.74) is 6.05. The first-order valence-electron chi connectivity index (χ1n) is 6.38. The minimum atomic E-state index is 0.290. The highest BCUT2D eigenvalue weighted by Crippen LogP contribution is 2.28. The molecule has 0 aliphatic carbocycles. The molecule has 4 heteroatoms. The topological polar surface area (TPSA) is 44.9 Å². The molecule has 2 aliphatic heterocycles. The zero-order chi connectivity index (χ0) is 11.7. The maximum atomic E-state index is 6.05. The molecule has 2 N–H and O–H groups in total. The third kappa shape index (κ3) is 2.32. The Morgan fingerprint density at radius 3 is 2.62 bits per heavy atom. The van der Waals surface area contributed by atoms with E-state index in [0.29, 0.717) is 6.04 Å². The summed E-state index contributed by atoms with van der Waals surface area (Å²) < 4.78 is 0. The molecule has 2 aliphatic rings. The minimum absolute atomic E-state index is 0.290. The number of fused-ring (bicyclic) bond motifs is 2. The number of nitrogens with zero attached hydrogens (tertiary/aromatic N) is 3. The van der Waals surface area contributed by atoms with Gasteiger partial charge in [0.15, 0.2) is 5.96 Å². The fourth-order valence-electron chi connectivity index (χ4n) is 2.86. The Morgan fingerprint density at radius 1 is 1.25 bits per heavy atom. The standard InChI is InChI=1S/C12H24N4/c1-9(2)14-12(13)16-7-6-10-4-5-11(8-16)15(10)3/h9-11H,4-8H2,1-3H3,(H2,13,14). The Kier molecular flexibility index (Phi) is 3.38. The Labute approximate surface area is 98.5 Å². The van der Waals surface area contributed by atoms with Crippen LogP contribution in [0.1, 0.15) is 33.1 Å². The maximum absolute atomic E-state index is 6.05. The second-order valence-electron chi connectivity index (χ2n) is 5.37. The summed E-state index contributed by atoms with van der Waals surface area (Å²) in [5, 5.41) is 0. The van der Waals surface area contributed by atoms with Crippen molar-refractivity contribution < 1.29 is 0 Å². The Balaban J connectivity index is 2.03. The van der Waals surface area contributed by atoms with E-state index in [0.717, 1.165) is 25.1 Å². The fraction of sp³-hybridized carbons (Fsp3) is 0.917. The number of likely N-dealkylation sites (N-methyl/N-ethyl adjacent to an activating group) is 1. The zero-order valence-electron chi connectivity index (χ0n) is 10.7. The Morgan fingerprint density at radius 2 is 1.94 bits per heavy atom. The van der Waals surface area contributed by atoms with E-state index < -0.39 is 0 Å². The van der Waals surface area contributed by atoms with Gasteiger partial charge in [-0.1, -0.05) is 0 Å². The molecular formula is C12H24N4. The van der Waals surface area contributed by atoms with Gasteiger partial charge in [-0.05, 0) is 40.2 Å². The maximum Gasteiger partial charge on any atom is 0.191 e. The summed E-state index contributed by atoms with van der Waals surface area (Å²) in [5.74, 6) is 0.732. The van der Waals surface area contributed by atoms with Crippen LogP contribution in [0.25, 0.3) is 0 Å². The van der Waals surface area contributed by atoms with Gasteiger partial charge in [-0.2, -0.15) is 0 Å². The smallest absolute Gasteiger partial charge is 0.191 e. The summed E-state index contributed by atoms with van der Waals surface area (Å²) in [7, 11) is 2.25. The lowest BCUT2D eigenvalue weighted by atomic mass is 10.1. The van der Waals surface area contributed by atoms with Crippen LogP contribution in [0.15, 0.2) is 4.99 Å². The molecule has 2 heterocycles. The first-order chi connectivity index (χ1) is 7.58. The van der Waals surface area contributed by atoms with Crippen molar-refractivity contribution >= 4 is 5.96 Å². The van der Waals surface area contributed by atoms with Crippen molar-refractivity contribution in [1.29, 1.82) is 0 Å². The third-order valence-electron chi connectivity index (χ3n) is 3.86. The fourth-order valence-corrected chi connectivity index (χ4v) is 2.86. The van der Waals surface area contributed by atoms with Gasteiger partial charge in [0.1, 0.15) is 0 Å². The van der Waals surface area contributed by atoms with Crippen molar-refractivity contribution in [2.75, 3.05) is 20.1 Å². The molecule has 2 atom stereocenters. The summed E-state index contributed by atoms with van der Waals surface area (Å²) in [6.07, 6.45) is 3.89. The highest BCUT2D eigenvalue weighted by molar-refractivity contribution is 5.78. The SMILES string of the molecule is CC(C)N=C(N)N1CCC2CCC(C1)N2C. The van der Waals surface area contributed by atoms with E-state index in [1.165, 1.54) is 19.3 Å². The van der Waals surface area contributed by atoms with Crippen LogP contribution >= 0.6 is 0 Å². The van der Waals surface area contributed by atoms with Crippen LogP contribution in [-0.4, -0.2) is 54.0 Å². The van der Waals surface area contributed by atoms with E-state index in [2.05, 4.69) is 35.7 Å². The largest absolute Gasteiger partial charge is 0.370 e. The van der Waals surface area contributed by atoms with Crippen LogP contribution in [0.5, 0.6) is 0 Å². The summed E-state index contributed by atoms with van der Waals surface area (Å²) in [6.45, 7) is 6.26. The average Bonchev–Trinajstić information content (AvgIpc) is 2.39. The molecule has 2 unspecified atom stereocenters. The lowest BCUT2D eigenvalue weighted by molar-refractivity contribution is 0.245. The Bertz CT molecular complexity index is 274. The van der Waals surface area contributed by atoms with Gasteiger partial charge in [0.2, 0.25) is 0 Å². The van der Waals surface area contributed by atoms with E-state index in [-0.39, 0.29) is 6.04 Å². The van der Waals surface area contributed by atoms with E-state index in [9.17, 15) is 0 Å². The van der Waals surface area contributed by atoms with Gasteiger partial charge in [0.05, 0.1) is 0 Å². The molecule has 16 heavy (non-hydrogen) atoms. The number of guanidine groups is 1. The highest BCUT2D eigenvalue weighted by Gasteiger charge is 2.35. The molecule has 92 valence electrons. The van der Waals surface area contributed by atoms with Crippen LogP contribution in [0.2, 0.25) is 0 Å². The molecule has 2 fully saturated rings. The first-order valence-corrected chi connectivity index (χ1v) is 6.38. The summed E-state index contributed by atoms with van der Waals surface area (Å²) >= 11 is 0. The normalized spacial score (nSPS) is 32.2. The molecular weight excluding hydrogens is 200 g/mol. The third-order valence-corrected chi connectivity index (χ3v) is 3.86. The van der Waals surface area contributed by atoms with Crippen molar-refractivity contribution in [3.8, 4) is 0 Å². The number of hydrogen-bond donors (Lipinski definition) is 1. The monoisotopic (exact) mass is 224 g/mol. The quantitative estimate of drug-likeness (QED) is 0.531. The number of aliphatic imine (C=N–C) groups is 1. The number of likely N-dealkylation sites (tertiary alicyclic amines) is 1. The Hall–Kier alpha value is -0.770. The number of rotatable bonds is 1. The van der Waals surface area contributed by atoms with Crippen LogP contribution < -0.4 is 5.73 Å². The van der Waals surface area contributed by atoms with E-state index in [4.69, 9.17) is 5.73 Å². The highest BCUT2D eigenvalue weighted by atomic mass is 15.3. The molecule has 0 amide bonds. The molecule has 4 nitrogen and oxygen atoms in total.